The van der Waals surface area contributed by atoms with Crippen LogP contribution in [-0.2, 0) is 13.1 Å². The molecule has 8 heteroatoms. The molecule has 0 fully saturated rings. The first kappa shape index (κ1) is 18.5. The maximum Gasteiger partial charge on any atom is 0.190 e. The molecule has 0 bridgehead atoms. The molecule has 2 aromatic heterocycles. The van der Waals surface area contributed by atoms with Crippen molar-refractivity contribution in [2.24, 2.45) is 4.99 Å². The molecule has 2 N–H and O–H groups in total. The lowest BCUT2D eigenvalue weighted by Gasteiger charge is -2.12. The van der Waals surface area contributed by atoms with Crippen LogP contribution in [-0.4, -0.2) is 45.4 Å². The maximum absolute atomic E-state index is 4.21. The van der Waals surface area contributed by atoms with Crippen LogP contribution in [0.2, 0.25) is 0 Å². The third-order valence-electron chi connectivity index (χ3n) is 3.08. The minimum atomic E-state index is 0. The number of halogens is 1. The number of hydrogen-bond acceptors (Lipinski definition) is 3. The number of rotatable bonds is 8. The largest absolute Gasteiger partial charge is 0.356 e. The molecule has 0 amide bonds. The Morgan fingerprint density at radius 3 is 2.45 bits per heavy atom. The highest BCUT2D eigenvalue weighted by Gasteiger charge is 1.97. The van der Waals surface area contributed by atoms with Crippen molar-refractivity contribution in [1.82, 2.24) is 30.0 Å². The molecule has 2 rings (SSSR count). The van der Waals surface area contributed by atoms with Crippen molar-refractivity contribution in [3.63, 3.8) is 0 Å². The monoisotopic (exact) mass is 417 g/mol. The van der Waals surface area contributed by atoms with Crippen molar-refractivity contribution in [2.45, 2.75) is 25.9 Å². The number of hydrogen-bond donors (Lipinski definition) is 2. The van der Waals surface area contributed by atoms with Gasteiger partial charge in [-0.25, -0.2) is 4.98 Å². The van der Waals surface area contributed by atoms with Crippen molar-refractivity contribution < 1.29 is 0 Å². The molecule has 0 spiro atoms. The molecule has 0 aliphatic rings. The summed E-state index contributed by atoms with van der Waals surface area (Å²) in [6.45, 7) is 3.64. The smallest absolute Gasteiger partial charge is 0.190 e. The Bertz CT molecular complexity index is 463. The minimum Gasteiger partial charge on any atom is -0.356 e. The zero-order chi connectivity index (χ0) is 14.8. The second-order valence-corrected chi connectivity index (χ2v) is 4.70. The number of aryl methyl sites for hydroxylation is 2. The van der Waals surface area contributed by atoms with E-state index in [0.717, 1.165) is 45.0 Å². The number of aliphatic imine (C=N–C) groups is 1. The topological polar surface area (TPSA) is 72.1 Å². The first-order valence-electron chi connectivity index (χ1n) is 7.26. The number of nitrogens with one attached hydrogen (secondary N) is 2. The molecule has 0 atom stereocenters. The average molecular weight is 417 g/mol. The quantitative estimate of drug-likeness (QED) is 0.294. The van der Waals surface area contributed by atoms with Gasteiger partial charge in [0, 0.05) is 58.0 Å². The zero-order valence-corrected chi connectivity index (χ0v) is 15.2. The third-order valence-corrected chi connectivity index (χ3v) is 3.08. The predicted octanol–water partition coefficient (Wildman–Crippen LogP) is 1.34. The Balaban J connectivity index is 0.00000242. The summed E-state index contributed by atoms with van der Waals surface area (Å²) >= 11 is 0. The Kier molecular flexibility index (Phi) is 9.28. The predicted molar refractivity (Wildman–Crippen MR) is 98.5 cm³/mol. The summed E-state index contributed by atoms with van der Waals surface area (Å²) in [6, 6.07) is 1.94. The van der Waals surface area contributed by atoms with Crippen molar-refractivity contribution in [2.75, 3.05) is 20.1 Å². The Hall–Kier alpha value is -1.58. The summed E-state index contributed by atoms with van der Waals surface area (Å²) in [6.07, 6.45) is 11.4. The van der Waals surface area contributed by atoms with Crippen LogP contribution >= 0.6 is 24.0 Å². The van der Waals surface area contributed by atoms with E-state index in [9.17, 15) is 0 Å². The van der Waals surface area contributed by atoms with Crippen LogP contribution in [0, 0.1) is 0 Å². The van der Waals surface area contributed by atoms with E-state index < -0.39 is 0 Å². The first-order valence-corrected chi connectivity index (χ1v) is 7.26. The maximum atomic E-state index is 4.21. The molecule has 122 valence electrons. The summed E-state index contributed by atoms with van der Waals surface area (Å²) < 4.78 is 4.00. The van der Waals surface area contributed by atoms with Crippen LogP contribution in [0.1, 0.15) is 12.8 Å². The lowest BCUT2D eigenvalue weighted by molar-refractivity contribution is 0.568. The summed E-state index contributed by atoms with van der Waals surface area (Å²) in [7, 11) is 1.79. The van der Waals surface area contributed by atoms with Gasteiger partial charge >= 0.3 is 0 Å². The van der Waals surface area contributed by atoms with Gasteiger partial charge in [0.1, 0.15) is 0 Å². The minimum absolute atomic E-state index is 0. The van der Waals surface area contributed by atoms with Gasteiger partial charge in [-0.1, -0.05) is 0 Å². The van der Waals surface area contributed by atoms with Gasteiger partial charge in [-0.2, -0.15) is 5.10 Å². The van der Waals surface area contributed by atoms with Crippen molar-refractivity contribution in [3.8, 4) is 0 Å². The van der Waals surface area contributed by atoms with Gasteiger partial charge in [-0.05, 0) is 18.9 Å². The van der Waals surface area contributed by atoms with Crippen LogP contribution in [0.3, 0.4) is 0 Å². The molecule has 0 aromatic carbocycles. The van der Waals surface area contributed by atoms with E-state index in [1.165, 1.54) is 0 Å². The molecule has 2 heterocycles. The summed E-state index contributed by atoms with van der Waals surface area (Å²) in [4.78, 5) is 8.23. The number of imidazole rings is 1. The fraction of sp³-hybridized carbons (Fsp3) is 0.500. The van der Waals surface area contributed by atoms with Crippen LogP contribution in [0.25, 0.3) is 0 Å². The van der Waals surface area contributed by atoms with E-state index in [0.29, 0.717) is 0 Å². The SMILES string of the molecule is CN=C(NCCCn1ccnc1)NCCCn1cccn1.I. The van der Waals surface area contributed by atoms with Gasteiger partial charge in [0.05, 0.1) is 6.33 Å². The standard InChI is InChI=1S/C14H23N7.HI/c1-15-14(17-5-2-9-20-12-8-16-13-20)18-6-3-10-21-11-4-7-19-21;/h4,7-8,11-13H,2-3,5-6,9-10H2,1H3,(H2,15,17,18);1H. The Morgan fingerprint density at radius 1 is 1.09 bits per heavy atom. The molecule has 0 radical (unpaired) electrons. The Morgan fingerprint density at radius 2 is 1.86 bits per heavy atom. The lowest BCUT2D eigenvalue weighted by atomic mass is 10.4. The molecule has 0 aliphatic heterocycles. The summed E-state index contributed by atoms with van der Waals surface area (Å²) in [5.74, 6) is 0.848. The molecular weight excluding hydrogens is 393 g/mol. The van der Waals surface area contributed by atoms with Crippen LogP contribution in [0.5, 0.6) is 0 Å². The van der Waals surface area contributed by atoms with E-state index >= 15 is 0 Å². The normalized spacial score (nSPS) is 11.0. The molecule has 7 nitrogen and oxygen atoms in total. The number of aromatic nitrogens is 4. The molecular formula is C14H24IN7. The summed E-state index contributed by atoms with van der Waals surface area (Å²) in [5, 5.41) is 10.8. The van der Waals surface area contributed by atoms with Crippen molar-refractivity contribution in [1.29, 1.82) is 0 Å². The fourth-order valence-electron chi connectivity index (χ4n) is 1.99. The second kappa shape index (κ2) is 11.0. The van der Waals surface area contributed by atoms with Crippen LogP contribution < -0.4 is 10.6 Å². The number of nitrogens with zero attached hydrogens (tertiary/aromatic N) is 5. The van der Waals surface area contributed by atoms with Gasteiger partial charge in [0.2, 0.25) is 0 Å². The fourth-order valence-corrected chi connectivity index (χ4v) is 1.99. The first-order chi connectivity index (χ1) is 10.4. The van der Waals surface area contributed by atoms with Crippen LogP contribution in [0.4, 0.5) is 0 Å². The third kappa shape index (κ3) is 6.92. The zero-order valence-electron chi connectivity index (χ0n) is 12.9. The highest BCUT2D eigenvalue weighted by Crippen LogP contribution is 1.90. The van der Waals surface area contributed by atoms with Gasteiger partial charge in [0.25, 0.3) is 0 Å². The molecule has 0 unspecified atom stereocenters. The average Bonchev–Trinajstić information content (AvgIpc) is 3.19. The van der Waals surface area contributed by atoms with Gasteiger partial charge in [-0.15, -0.1) is 24.0 Å². The van der Waals surface area contributed by atoms with Gasteiger partial charge in [0.15, 0.2) is 5.96 Å². The van der Waals surface area contributed by atoms with E-state index in [-0.39, 0.29) is 24.0 Å². The van der Waals surface area contributed by atoms with E-state index in [1.54, 1.807) is 19.4 Å². The van der Waals surface area contributed by atoms with Crippen molar-refractivity contribution in [3.05, 3.63) is 37.2 Å². The Labute approximate surface area is 148 Å². The lowest BCUT2D eigenvalue weighted by Crippen LogP contribution is -2.38. The van der Waals surface area contributed by atoms with E-state index in [2.05, 4.69) is 30.3 Å². The van der Waals surface area contributed by atoms with Crippen molar-refractivity contribution >= 4 is 29.9 Å². The molecule has 0 aliphatic carbocycles. The van der Waals surface area contributed by atoms with Gasteiger partial charge in [-0.3, -0.25) is 9.67 Å². The molecule has 0 saturated carbocycles. The van der Waals surface area contributed by atoms with Gasteiger partial charge < -0.3 is 15.2 Å². The number of guanidine groups is 1. The van der Waals surface area contributed by atoms with Crippen LogP contribution in [0.15, 0.2) is 42.2 Å². The van der Waals surface area contributed by atoms with E-state index in [1.807, 2.05) is 29.5 Å². The highest BCUT2D eigenvalue weighted by atomic mass is 127. The summed E-state index contributed by atoms with van der Waals surface area (Å²) in [5.41, 5.74) is 0. The highest BCUT2D eigenvalue weighted by molar-refractivity contribution is 14.0. The molecule has 22 heavy (non-hydrogen) atoms. The molecule has 0 saturated heterocycles. The second-order valence-electron chi connectivity index (χ2n) is 4.70. The van der Waals surface area contributed by atoms with E-state index in [4.69, 9.17) is 0 Å². The molecule has 2 aromatic rings.